The number of rotatable bonds is 7. The average Bonchev–Trinajstić information content (AvgIpc) is 3.24. The standard InChI is InChI=1S/C14H22N2O3S/c1-15(2)20(18,19)16(14(11-17)13-8-9-13)10-12-6-4-3-5-7-12/h3-7,13-14,17H,8-11H2,1-2H3. The van der Waals surface area contributed by atoms with Gasteiger partial charge in [-0.25, -0.2) is 0 Å². The first-order valence-corrected chi connectivity index (χ1v) is 8.20. The molecule has 0 saturated heterocycles. The van der Waals surface area contributed by atoms with Crippen LogP contribution in [0.25, 0.3) is 0 Å². The Bertz CT molecular complexity index is 527. The normalized spacial score (nSPS) is 17.6. The van der Waals surface area contributed by atoms with Gasteiger partial charge in [0.15, 0.2) is 0 Å². The first kappa shape index (κ1) is 15.4. The van der Waals surface area contributed by atoms with Crippen LogP contribution in [0.5, 0.6) is 0 Å². The second-order valence-electron chi connectivity index (χ2n) is 5.41. The SMILES string of the molecule is CN(C)S(=O)(=O)N(Cc1ccccc1)C(CO)C1CC1. The molecule has 0 bridgehead atoms. The van der Waals surface area contributed by atoms with Crippen molar-refractivity contribution < 1.29 is 13.5 Å². The first-order valence-electron chi connectivity index (χ1n) is 6.81. The van der Waals surface area contributed by atoms with Gasteiger partial charge in [-0.05, 0) is 24.3 Å². The van der Waals surface area contributed by atoms with E-state index in [1.54, 1.807) is 0 Å². The van der Waals surface area contributed by atoms with Gasteiger partial charge in [0.2, 0.25) is 0 Å². The van der Waals surface area contributed by atoms with Crippen LogP contribution in [0, 0.1) is 5.92 Å². The number of hydrogen-bond acceptors (Lipinski definition) is 3. The number of nitrogens with zero attached hydrogens (tertiary/aromatic N) is 2. The summed E-state index contributed by atoms with van der Waals surface area (Å²) in [6.45, 7) is 0.160. The van der Waals surface area contributed by atoms with Crippen molar-refractivity contribution in [2.24, 2.45) is 5.92 Å². The maximum Gasteiger partial charge on any atom is 0.282 e. The Hall–Kier alpha value is -0.950. The highest BCUT2D eigenvalue weighted by Crippen LogP contribution is 2.37. The van der Waals surface area contributed by atoms with Crippen molar-refractivity contribution in [3.8, 4) is 0 Å². The maximum atomic E-state index is 12.5. The molecule has 0 aliphatic heterocycles. The summed E-state index contributed by atoms with van der Waals surface area (Å²) in [6, 6.07) is 9.15. The van der Waals surface area contributed by atoms with Gasteiger partial charge in [0.05, 0.1) is 12.6 Å². The molecule has 20 heavy (non-hydrogen) atoms. The van der Waals surface area contributed by atoms with Gasteiger partial charge in [-0.15, -0.1) is 0 Å². The molecule has 1 aromatic rings. The summed E-state index contributed by atoms with van der Waals surface area (Å²) in [5.41, 5.74) is 0.928. The lowest BCUT2D eigenvalue weighted by molar-refractivity contribution is 0.161. The van der Waals surface area contributed by atoms with Crippen molar-refractivity contribution in [2.45, 2.75) is 25.4 Å². The fraction of sp³-hybridized carbons (Fsp3) is 0.571. The van der Waals surface area contributed by atoms with E-state index in [1.807, 2.05) is 30.3 Å². The van der Waals surface area contributed by atoms with Crippen LogP contribution in [0.3, 0.4) is 0 Å². The molecule has 2 rings (SSSR count). The molecule has 5 nitrogen and oxygen atoms in total. The topological polar surface area (TPSA) is 60.9 Å². The third-order valence-electron chi connectivity index (χ3n) is 3.66. The van der Waals surface area contributed by atoms with Crippen molar-refractivity contribution in [2.75, 3.05) is 20.7 Å². The number of benzene rings is 1. The Kier molecular flexibility index (Phi) is 4.80. The molecule has 0 radical (unpaired) electrons. The van der Waals surface area contributed by atoms with E-state index in [1.165, 1.54) is 22.7 Å². The molecule has 1 fully saturated rings. The number of hydrogen-bond donors (Lipinski definition) is 1. The van der Waals surface area contributed by atoms with E-state index in [0.717, 1.165) is 18.4 Å². The van der Waals surface area contributed by atoms with Gasteiger partial charge in [0.1, 0.15) is 0 Å². The third-order valence-corrected chi connectivity index (χ3v) is 5.58. The largest absolute Gasteiger partial charge is 0.395 e. The van der Waals surface area contributed by atoms with Crippen molar-refractivity contribution in [1.29, 1.82) is 0 Å². The highest BCUT2D eigenvalue weighted by atomic mass is 32.2. The lowest BCUT2D eigenvalue weighted by Crippen LogP contribution is -2.48. The van der Waals surface area contributed by atoms with Crippen molar-refractivity contribution >= 4 is 10.2 Å². The molecule has 1 unspecified atom stereocenters. The van der Waals surface area contributed by atoms with Crippen LogP contribution in [0.1, 0.15) is 18.4 Å². The van der Waals surface area contributed by atoms with Crippen LogP contribution in [-0.2, 0) is 16.8 Å². The number of aliphatic hydroxyl groups excluding tert-OH is 1. The van der Waals surface area contributed by atoms with Crippen LogP contribution in [0.2, 0.25) is 0 Å². The fourth-order valence-corrected chi connectivity index (χ4v) is 3.61. The van der Waals surface area contributed by atoms with Gasteiger partial charge in [-0.2, -0.15) is 17.0 Å². The monoisotopic (exact) mass is 298 g/mol. The molecule has 6 heteroatoms. The van der Waals surface area contributed by atoms with Gasteiger partial charge < -0.3 is 5.11 Å². The molecule has 0 heterocycles. The lowest BCUT2D eigenvalue weighted by Gasteiger charge is -2.32. The molecule has 0 aromatic heterocycles. The van der Waals surface area contributed by atoms with Crippen molar-refractivity contribution in [3.05, 3.63) is 35.9 Å². The van der Waals surface area contributed by atoms with E-state index in [0.29, 0.717) is 6.54 Å². The summed E-state index contributed by atoms with van der Waals surface area (Å²) in [7, 11) is -0.502. The van der Waals surface area contributed by atoms with Crippen molar-refractivity contribution in [1.82, 2.24) is 8.61 Å². The third kappa shape index (κ3) is 3.38. The predicted molar refractivity (Wildman–Crippen MR) is 78.2 cm³/mol. The molecular formula is C14H22N2O3S. The Balaban J connectivity index is 2.28. The summed E-state index contributed by atoms with van der Waals surface area (Å²) in [6.07, 6.45) is 1.97. The van der Waals surface area contributed by atoms with Crippen LogP contribution >= 0.6 is 0 Å². The second kappa shape index (κ2) is 6.22. The Labute approximate surface area is 121 Å². The smallest absolute Gasteiger partial charge is 0.282 e. The zero-order valence-corrected chi connectivity index (χ0v) is 12.8. The molecule has 1 atom stereocenters. The average molecular weight is 298 g/mol. The molecule has 1 aromatic carbocycles. The van der Waals surface area contributed by atoms with Gasteiger partial charge in [-0.1, -0.05) is 30.3 Å². The van der Waals surface area contributed by atoms with E-state index in [9.17, 15) is 13.5 Å². The van der Waals surface area contributed by atoms with Crippen LogP contribution in [-0.4, -0.2) is 48.9 Å². The zero-order valence-electron chi connectivity index (χ0n) is 11.9. The van der Waals surface area contributed by atoms with Gasteiger partial charge in [-0.3, -0.25) is 0 Å². The molecule has 0 amide bonds. The maximum absolute atomic E-state index is 12.5. The van der Waals surface area contributed by atoms with Crippen molar-refractivity contribution in [3.63, 3.8) is 0 Å². The van der Waals surface area contributed by atoms with E-state index in [4.69, 9.17) is 0 Å². The van der Waals surface area contributed by atoms with Gasteiger partial charge in [0, 0.05) is 20.6 Å². The van der Waals surface area contributed by atoms with Crippen LogP contribution < -0.4 is 0 Å². The summed E-state index contributed by atoms with van der Waals surface area (Å²) < 4.78 is 27.7. The molecule has 1 aliphatic rings. The quantitative estimate of drug-likeness (QED) is 0.819. The molecule has 112 valence electrons. The van der Waals surface area contributed by atoms with Gasteiger partial charge in [0.25, 0.3) is 10.2 Å². The minimum Gasteiger partial charge on any atom is -0.395 e. The minimum absolute atomic E-state index is 0.134. The van der Waals surface area contributed by atoms with Gasteiger partial charge >= 0.3 is 0 Å². The molecule has 1 aliphatic carbocycles. The highest BCUT2D eigenvalue weighted by molar-refractivity contribution is 7.86. The Morgan fingerprint density at radius 3 is 2.30 bits per heavy atom. The zero-order chi connectivity index (χ0) is 14.8. The molecule has 1 N–H and O–H groups in total. The minimum atomic E-state index is -3.55. The summed E-state index contributed by atoms with van der Waals surface area (Å²) in [4.78, 5) is 0. The Morgan fingerprint density at radius 1 is 1.25 bits per heavy atom. The van der Waals surface area contributed by atoms with E-state index < -0.39 is 10.2 Å². The van der Waals surface area contributed by atoms with Crippen LogP contribution in [0.4, 0.5) is 0 Å². The fourth-order valence-electron chi connectivity index (χ4n) is 2.30. The summed E-state index contributed by atoms with van der Waals surface area (Å²) in [5.74, 6) is 0.276. The second-order valence-corrected chi connectivity index (χ2v) is 7.50. The Morgan fingerprint density at radius 2 is 1.85 bits per heavy atom. The van der Waals surface area contributed by atoms with E-state index in [2.05, 4.69) is 0 Å². The highest BCUT2D eigenvalue weighted by Gasteiger charge is 2.40. The number of aliphatic hydroxyl groups is 1. The molecule has 0 spiro atoms. The first-order chi connectivity index (χ1) is 9.46. The van der Waals surface area contributed by atoms with E-state index >= 15 is 0 Å². The molecular weight excluding hydrogens is 276 g/mol. The summed E-state index contributed by atoms with van der Waals surface area (Å²) in [5, 5.41) is 9.61. The lowest BCUT2D eigenvalue weighted by atomic mass is 10.1. The summed E-state index contributed by atoms with van der Waals surface area (Å²) >= 11 is 0. The van der Waals surface area contributed by atoms with Crippen LogP contribution in [0.15, 0.2) is 30.3 Å². The van der Waals surface area contributed by atoms with E-state index in [-0.39, 0.29) is 18.6 Å². The predicted octanol–water partition coefficient (Wildman–Crippen LogP) is 1.07. The molecule has 1 saturated carbocycles.